The molecule has 152 valence electrons. The van der Waals surface area contributed by atoms with E-state index in [1.54, 1.807) is 48.5 Å². The average molecular weight is 405 g/mol. The van der Waals surface area contributed by atoms with Gasteiger partial charge >= 0.3 is 0 Å². The summed E-state index contributed by atoms with van der Waals surface area (Å²) >= 11 is 0. The Morgan fingerprint density at radius 2 is 1.93 bits per heavy atom. The molecule has 0 fully saturated rings. The number of nitrogens with zero attached hydrogens (tertiary/aromatic N) is 2. The van der Waals surface area contributed by atoms with E-state index in [1.165, 1.54) is 4.31 Å². The second-order valence-corrected chi connectivity index (χ2v) is 10.2. The third-order valence-corrected chi connectivity index (χ3v) is 7.19. The van der Waals surface area contributed by atoms with Crippen molar-refractivity contribution in [1.82, 2.24) is 4.31 Å². The smallest absolute Gasteiger partial charge is 0.243 e. The van der Waals surface area contributed by atoms with E-state index < -0.39 is 15.4 Å². The van der Waals surface area contributed by atoms with Gasteiger partial charge in [-0.25, -0.2) is 8.42 Å². The molecule has 0 bridgehead atoms. The van der Waals surface area contributed by atoms with Crippen molar-refractivity contribution in [1.29, 1.82) is 0 Å². The van der Waals surface area contributed by atoms with Crippen LogP contribution in [0.5, 0.6) is 0 Å². The zero-order valence-corrected chi connectivity index (χ0v) is 17.9. The second-order valence-electron chi connectivity index (χ2n) is 8.27. The molecule has 0 N–H and O–H groups in total. The summed E-state index contributed by atoms with van der Waals surface area (Å²) in [4.78, 5) is 14.3. The lowest BCUT2D eigenvalue weighted by Gasteiger charge is -2.23. The van der Waals surface area contributed by atoms with Crippen LogP contribution >= 0.6 is 0 Å². The van der Waals surface area contributed by atoms with Gasteiger partial charge in [0.2, 0.25) is 15.9 Å². The summed E-state index contributed by atoms with van der Waals surface area (Å²) in [5.41, 5.74) is 0.746. The Labute approximate surface area is 167 Å². The fourth-order valence-corrected chi connectivity index (χ4v) is 4.97. The van der Waals surface area contributed by atoms with Gasteiger partial charge in [-0.3, -0.25) is 4.79 Å². The first-order valence-electron chi connectivity index (χ1n) is 9.50. The Balaban J connectivity index is 2.00. The predicted octanol–water partition coefficient (Wildman–Crippen LogP) is 3.77. The summed E-state index contributed by atoms with van der Waals surface area (Å²) in [7, 11) is -2.02. The van der Waals surface area contributed by atoms with Gasteiger partial charge in [0.05, 0.1) is 23.1 Å². The highest BCUT2D eigenvalue weighted by molar-refractivity contribution is 7.89. The Morgan fingerprint density at radius 1 is 1.21 bits per heavy atom. The fourth-order valence-electron chi connectivity index (χ4n) is 3.52. The standard InChI is InChI=1S/C21H28N2O4S/c1-15(2)10-11-23(14-16-7-6-12-27-16)28(25,26)17-8-9-19-18(13-17)21(3,4)20(24)22(19)5/h6-9,12-13,15H,10-11,14H2,1-5H3. The van der Waals surface area contributed by atoms with E-state index in [-0.39, 0.29) is 17.3 Å². The van der Waals surface area contributed by atoms with Gasteiger partial charge < -0.3 is 9.32 Å². The second kappa shape index (κ2) is 7.37. The molecule has 0 saturated carbocycles. The molecule has 7 heteroatoms. The molecule has 0 atom stereocenters. The molecule has 1 aromatic carbocycles. The molecule has 2 aromatic rings. The molecule has 0 aliphatic carbocycles. The molecule has 1 aliphatic heterocycles. The van der Waals surface area contributed by atoms with Crippen molar-refractivity contribution in [3.63, 3.8) is 0 Å². The number of carbonyl (C=O) groups is 1. The number of fused-ring (bicyclic) bond motifs is 1. The van der Waals surface area contributed by atoms with Gasteiger partial charge in [-0.1, -0.05) is 13.8 Å². The number of hydrogen-bond donors (Lipinski definition) is 0. The molecule has 6 nitrogen and oxygen atoms in total. The lowest BCUT2D eigenvalue weighted by Crippen LogP contribution is -2.33. The van der Waals surface area contributed by atoms with Gasteiger partial charge in [0.25, 0.3) is 0 Å². The van der Waals surface area contributed by atoms with Crippen molar-refractivity contribution in [3.05, 3.63) is 47.9 Å². The molecular weight excluding hydrogens is 376 g/mol. The molecule has 0 radical (unpaired) electrons. The van der Waals surface area contributed by atoms with E-state index in [0.717, 1.165) is 17.7 Å². The van der Waals surface area contributed by atoms with Crippen LogP contribution < -0.4 is 4.90 Å². The number of benzene rings is 1. The van der Waals surface area contributed by atoms with E-state index in [4.69, 9.17) is 4.42 Å². The van der Waals surface area contributed by atoms with Crippen LogP contribution in [0.15, 0.2) is 45.9 Å². The Bertz CT molecular complexity index is 962. The average Bonchev–Trinajstić information content (AvgIpc) is 3.21. The lowest BCUT2D eigenvalue weighted by atomic mass is 9.86. The number of carbonyl (C=O) groups excluding carboxylic acids is 1. The van der Waals surface area contributed by atoms with Gasteiger partial charge in [0.15, 0.2) is 0 Å². The zero-order valence-electron chi connectivity index (χ0n) is 17.1. The summed E-state index contributed by atoms with van der Waals surface area (Å²) in [5.74, 6) is 0.938. The quantitative estimate of drug-likeness (QED) is 0.704. The van der Waals surface area contributed by atoms with Crippen LogP contribution in [0.2, 0.25) is 0 Å². The van der Waals surface area contributed by atoms with Crippen LogP contribution in [0, 0.1) is 5.92 Å². The van der Waals surface area contributed by atoms with Crippen molar-refractivity contribution in [2.24, 2.45) is 5.92 Å². The predicted molar refractivity (Wildman–Crippen MR) is 109 cm³/mol. The van der Waals surface area contributed by atoms with Crippen molar-refractivity contribution in [2.75, 3.05) is 18.5 Å². The number of rotatable bonds is 7. The first kappa shape index (κ1) is 20.6. The highest BCUT2D eigenvalue weighted by Gasteiger charge is 2.43. The Morgan fingerprint density at radius 3 is 2.54 bits per heavy atom. The number of likely N-dealkylation sites (N-methyl/N-ethyl adjacent to an activating group) is 1. The van der Waals surface area contributed by atoms with E-state index in [1.807, 2.05) is 13.8 Å². The topological polar surface area (TPSA) is 70.8 Å². The highest BCUT2D eigenvalue weighted by atomic mass is 32.2. The molecule has 0 unspecified atom stereocenters. The monoisotopic (exact) mass is 404 g/mol. The maximum atomic E-state index is 13.4. The minimum absolute atomic E-state index is 0.0377. The third-order valence-electron chi connectivity index (χ3n) is 5.35. The number of hydrogen-bond acceptors (Lipinski definition) is 4. The number of furan rings is 1. The van der Waals surface area contributed by atoms with Crippen LogP contribution in [0.4, 0.5) is 5.69 Å². The van der Waals surface area contributed by atoms with Gasteiger partial charge in [-0.05, 0) is 62.1 Å². The molecule has 1 aliphatic rings. The van der Waals surface area contributed by atoms with Crippen LogP contribution in [-0.4, -0.2) is 32.2 Å². The van der Waals surface area contributed by atoms with Crippen molar-refractivity contribution in [3.8, 4) is 0 Å². The summed E-state index contributed by atoms with van der Waals surface area (Å²) in [6.07, 6.45) is 2.29. The SMILES string of the molecule is CC(C)CCN(Cc1ccco1)S(=O)(=O)c1ccc2c(c1)C(C)(C)C(=O)N2C. The molecule has 28 heavy (non-hydrogen) atoms. The molecule has 2 heterocycles. The van der Waals surface area contributed by atoms with E-state index in [0.29, 0.717) is 18.2 Å². The third kappa shape index (κ3) is 3.61. The molecule has 0 spiro atoms. The highest BCUT2D eigenvalue weighted by Crippen LogP contribution is 2.42. The maximum absolute atomic E-state index is 13.4. The summed E-state index contributed by atoms with van der Waals surface area (Å²) in [5, 5.41) is 0. The minimum Gasteiger partial charge on any atom is -0.468 e. The van der Waals surface area contributed by atoms with Gasteiger partial charge in [0, 0.05) is 19.3 Å². The zero-order chi connectivity index (χ0) is 20.7. The van der Waals surface area contributed by atoms with E-state index in [9.17, 15) is 13.2 Å². The first-order chi connectivity index (χ1) is 13.0. The van der Waals surface area contributed by atoms with Crippen molar-refractivity contribution < 1.29 is 17.6 Å². The Hall–Kier alpha value is -2.12. The van der Waals surface area contributed by atoms with Crippen molar-refractivity contribution >= 4 is 21.6 Å². The normalized spacial score (nSPS) is 16.2. The number of sulfonamides is 1. The molecule has 1 amide bonds. The van der Waals surface area contributed by atoms with Crippen LogP contribution in [-0.2, 0) is 26.8 Å². The van der Waals surface area contributed by atoms with Crippen molar-refractivity contribution in [2.45, 2.75) is 51.0 Å². The van der Waals surface area contributed by atoms with Gasteiger partial charge in [-0.15, -0.1) is 0 Å². The van der Waals surface area contributed by atoms with Gasteiger partial charge in [0.1, 0.15) is 5.76 Å². The summed E-state index contributed by atoms with van der Waals surface area (Å²) in [6, 6.07) is 8.49. The van der Waals surface area contributed by atoms with Crippen LogP contribution in [0.1, 0.15) is 45.4 Å². The summed E-state index contributed by atoms with van der Waals surface area (Å²) in [6.45, 7) is 8.37. The number of anilines is 1. The lowest BCUT2D eigenvalue weighted by molar-refractivity contribution is -0.121. The maximum Gasteiger partial charge on any atom is 0.243 e. The van der Waals surface area contributed by atoms with Crippen LogP contribution in [0.25, 0.3) is 0 Å². The molecule has 3 rings (SSSR count). The first-order valence-corrected chi connectivity index (χ1v) is 10.9. The fraction of sp³-hybridized carbons (Fsp3) is 0.476. The Kier molecular flexibility index (Phi) is 5.42. The van der Waals surface area contributed by atoms with E-state index >= 15 is 0 Å². The van der Waals surface area contributed by atoms with E-state index in [2.05, 4.69) is 13.8 Å². The molecule has 0 saturated heterocycles. The largest absolute Gasteiger partial charge is 0.468 e. The molecule has 1 aromatic heterocycles. The summed E-state index contributed by atoms with van der Waals surface area (Å²) < 4.78 is 33.7. The minimum atomic E-state index is -3.74. The van der Waals surface area contributed by atoms with Gasteiger partial charge in [-0.2, -0.15) is 4.31 Å². The molecular formula is C21H28N2O4S. The van der Waals surface area contributed by atoms with Crippen LogP contribution in [0.3, 0.4) is 0 Å². The number of amides is 1.